The first-order chi connectivity index (χ1) is 8.08. The highest BCUT2D eigenvalue weighted by Crippen LogP contribution is 2.28. The topological polar surface area (TPSA) is 79.6 Å². The number of benzene rings is 1. The summed E-state index contributed by atoms with van der Waals surface area (Å²) in [6.07, 6.45) is 1.43. The molecule has 0 saturated carbocycles. The fourth-order valence-corrected chi connectivity index (χ4v) is 1.76. The lowest BCUT2D eigenvalue weighted by Gasteiger charge is -2.15. The molecule has 0 fully saturated rings. The molecule has 90 valence electrons. The molecule has 0 bridgehead atoms. The van der Waals surface area contributed by atoms with E-state index in [0.717, 1.165) is 0 Å². The van der Waals surface area contributed by atoms with Gasteiger partial charge in [0.2, 0.25) is 0 Å². The van der Waals surface area contributed by atoms with Crippen LogP contribution in [0.5, 0.6) is 0 Å². The molecule has 0 amide bonds. The van der Waals surface area contributed by atoms with Gasteiger partial charge in [-0.2, -0.15) is 5.10 Å². The smallest absolute Gasteiger partial charge is 0.146 e. The quantitative estimate of drug-likeness (QED) is 0.761. The Labute approximate surface area is 106 Å². The normalized spacial score (nSPS) is 12.4. The van der Waals surface area contributed by atoms with Gasteiger partial charge in [0.1, 0.15) is 18.0 Å². The van der Waals surface area contributed by atoms with Crippen molar-refractivity contribution in [1.29, 1.82) is 0 Å². The number of nitrogens with zero attached hydrogens (tertiary/aromatic N) is 2. The van der Waals surface area contributed by atoms with Crippen LogP contribution < -0.4 is 11.1 Å². The Morgan fingerprint density at radius 3 is 2.94 bits per heavy atom. The minimum absolute atomic E-state index is 0.0999. The number of H-pyrrole nitrogens is 1. The van der Waals surface area contributed by atoms with Crippen molar-refractivity contribution in [2.45, 2.75) is 13.0 Å². The fourth-order valence-electron chi connectivity index (χ4n) is 1.41. The van der Waals surface area contributed by atoms with Gasteiger partial charge in [0.15, 0.2) is 0 Å². The van der Waals surface area contributed by atoms with Gasteiger partial charge in [0, 0.05) is 6.07 Å². The first kappa shape index (κ1) is 11.8. The van der Waals surface area contributed by atoms with Crippen LogP contribution in [-0.2, 0) is 0 Å². The van der Waals surface area contributed by atoms with E-state index < -0.39 is 0 Å². The van der Waals surface area contributed by atoms with Gasteiger partial charge in [0.05, 0.1) is 21.9 Å². The highest BCUT2D eigenvalue weighted by Gasteiger charge is 2.11. The molecule has 0 radical (unpaired) electrons. The van der Waals surface area contributed by atoms with E-state index in [-0.39, 0.29) is 11.9 Å². The van der Waals surface area contributed by atoms with Crippen molar-refractivity contribution in [1.82, 2.24) is 15.2 Å². The van der Waals surface area contributed by atoms with Gasteiger partial charge in [-0.1, -0.05) is 0 Å². The number of hydrogen-bond acceptors (Lipinski definition) is 4. The van der Waals surface area contributed by atoms with Gasteiger partial charge >= 0.3 is 0 Å². The molecule has 0 saturated heterocycles. The average molecular weight is 300 g/mol. The van der Waals surface area contributed by atoms with Crippen LogP contribution in [0.25, 0.3) is 0 Å². The van der Waals surface area contributed by atoms with Crippen molar-refractivity contribution in [2.24, 2.45) is 0 Å². The zero-order valence-corrected chi connectivity index (χ0v) is 10.6. The molecule has 17 heavy (non-hydrogen) atoms. The summed E-state index contributed by atoms with van der Waals surface area (Å²) >= 11 is 3.11. The van der Waals surface area contributed by atoms with Crippen molar-refractivity contribution in [3.63, 3.8) is 0 Å². The van der Waals surface area contributed by atoms with Crippen LogP contribution in [0.3, 0.4) is 0 Å². The van der Waals surface area contributed by atoms with Gasteiger partial charge in [-0.25, -0.2) is 9.37 Å². The Morgan fingerprint density at radius 1 is 1.53 bits per heavy atom. The molecule has 0 aliphatic carbocycles. The third-order valence-electron chi connectivity index (χ3n) is 2.31. The Morgan fingerprint density at radius 2 is 2.29 bits per heavy atom. The largest absolute Gasteiger partial charge is 0.397 e. The zero-order valence-electron chi connectivity index (χ0n) is 9.04. The maximum Gasteiger partial charge on any atom is 0.146 e. The number of aromatic amines is 1. The molecule has 5 nitrogen and oxygen atoms in total. The predicted molar refractivity (Wildman–Crippen MR) is 66.9 cm³/mol. The SMILES string of the molecule is CC(Nc1cc(Br)c(F)cc1N)c1ncn[nH]1. The van der Waals surface area contributed by atoms with Crippen LogP contribution in [0.1, 0.15) is 18.8 Å². The molecule has 0 aliphatic heterocycles. The monoisotopic (exact) mass is 299 g/mol. The minimum atomic E-state index is -0.389. The van der Waals surface area contributed by atoms with Crippen LogP contribution in [-0.4, -0.2) is 15.2 Å². The molecule has 0 spiro atoms. The molecular weight excluding hydrogens is 289 g/mol. The summed E-state index contributed by atoms with van der Waals surface area (Å²) in [5.41, 5.74) is 6.71. The second-order valence-electron chi connectivity index (χ2n) is 3.59. The van der Waals surface area contributed by atoms with Crippen LogP contribution in [0.15, 0.2) is 22.9 Å². The number of aromatic nitrogens is 3. The molecule has 1 heterocycles. The van der Waals surface area contributed by atoms with E-state index in [9.17, 15) is 4.39 Å². The van der Waals surface area contributed by atoms with Crippen LogP contribution in [0, 0.1) is 5.82 Å². The maximum absolute atomic E-state index is 13.2. The summed E-state index contributed by atoms with van der Waals surface area (Å²) in [5, 5.41) is 9.64. The fraction of sp³-hybridized carbons (Fsp3) is 0.200. The number of nitrogens with two attached hydrogens (primary N) is 1. The van der Waals surface area contributed by atoms with Crippen molar-refractivity contribution in [2.75, 3.05) is 11.1 Å². The Balaban J connectivity index is 2.22. The molecular formula is C10H11BrFN5. The standard InChI is InChI=1S/C10H11BrFN5/c1-5(10-14-4-15-17-10)16-9-2-6(11)7(12)3-8(9)13/h2-5,16H,13H2,1H3,(H,14,15,17). The van der Waals surface area contributed by atoms with Crippen molar-refractivity contribution < 1.29 is 4.39 Å². The highest BCUT2D eigenvalue weighted by molar-refractivity contribution is 9.10. The van der Waals surface area contributed by atoms with Crippen molar-refractivity contribution in [3.8, 4) is 0 Å². The molecule has 1 aromatic carbocycles. The third-order valence-corrected chi connectivity index (χ3v) is 2.92. The molecule has 7 heteroatoms. The molecule has 2 rings (SSSR count). The van der Waals surface area contributed by atoms with E-state index in [2.05, 4.69) is 36.4 Å². The zero-order chi connectivity index (χ0) is 12.4. The van der Waals surface area contributed by atoms with Crippen LogP contribution >= 0.6 is 15.9 Å². The number of nitrogen functional groups attached to an aromatic ring is 1. The first-order valence-electron chi connectivity index (χ1n) is 4.94. The molecule has 2 aromatic rings. The van der Waals surface area contributed by atoms with Gasteiger partial charge < -0.3 is 11.1 Å². The Kier molecular flexibility index (Phi) is 3.28. The number of nitrogens with one attached hydrogen (secondary N) is 2. The lowest BCUT2D eigenvalue weighted by molar-refractivity contribution is 0.622. The van der Waals surface area contributed by atoms with Gasteiger partial charge in [-0.3, -0.25) is 5.10 Å². The second kappa shape index (κ2) is 4.70. The lowest BCUT2D eigenvalue weighted by atomic mass is 10.2. The predicted octanol–water partition coefficient (Wildman–Crippen LogP) is 2.46. The van der Waals surface area contributed by atoms with E-state index in [0.29, 0.717) is 21.7 Å². The number of hydrogen-bond donors (Lipinski definition) is 3. The lowest BCUT2D eigenvalue weighted by Crippen LogP contribution is -2.10. The van der Waals surface area contributed by atoms with Crippen LogP contribution in [0.4, 0.5) is 15.8 Å². The number of anilines is 2. The van der Waals surface area contributed by atoms with E-state index in [1.165, 1.54) is 12.4 Å². The summed E-state index contributed by atoms with van der Waals surface area (Å²) in [4.78, 5) is 4.03. The summed E-state index contributed by atoms with van der Waals surface area (Å²) in [5.74, 6) is 0.296. The summed E-state index contributed by atoms with van der Waals surface area (Å²) in [6.45, 7) is 1.90. The Bertz CT molecular complexity index is 514. The minimum Gasteiger partial charge on any atom is -0.397 e. The molecule has 1 aromatic heterocycles. The Hall–Kier alpha value is -1.63. The van der Waals surface area contributed by atoms with E-state index in [1.807, 2.05) is 6.92 Å². The van der Waals surface area contributed by atoms with Gasteiger partial charge in [0.25, 0.3) is 0 Å². The van der Waals surface area contributed by atoms with Crippen LogP contribution in [0.2, 0.25) is 0 Å². The van der Waals surface area contributed by atoms with Gasteiger partial charge in [-0.05, 0) is 28.9 Å². The summed E-state index contributed by atoms with van der Waals surface area (Å²) in [6, 6.07) is 2.76. The third kappa shape index (κ3) is 2.55. The highest BCUT2D eigenvalue weighted by atomic mass is 79.9. The van der Waals surface area contributed by atoms with Crippen molar-refractivity contribution >= 4 is 27.3 Å². The summed E-state index contributed by atoms with van der Waals surface area (Å²) in [7, 11) is 0. The molecule has 1 unspecified atom stereocenters. The second-order valence-corrected chi connectivity index (χ2v) is 4.44. The van der Waals surface area contributed by atoms with Crippen molar-refractivity contribution in [3.05, 3.63) is 34.6 Å². The van der Waals surface area contributed by atoms with E-state index in [4.69, 9.17) is 5.73 Å². The number of halogens is 2. The van der Waals surface area contributed by atoms with Gasteiger partial charge in [-0.15, -0.1) is 0 Å². The molecule has 1 atom stereocenters. The van der Waals surface area contributed by atoms with E-state index in [1.54, 1.807) is 6.07 Å². The number of rotatable bonds is 3. The first-order valence-corrected chi connectivity index (χ1v) is 5.73. The maximum atomic E-state index is 13.2. The molecule has 0 aliphatic rings. The average Bonchev–Trinajstić information content (AvgIpc) is 2.79. The summed E-state index contributed by atoms with van der Waals surface area (Å²) < 4.78 is 13.5. The molecule has 4 N–H and O–H groups in total. The van der Waals surface area contributed by atoms with E-state index >= 15 is 0 Å².